The molecular weight excluding hydrogens is 208 g/mol. The molecule has 0 saturated heterocycles. The summed E-state index contributed by atoms with van der Waals surface area (Å²) in [5.74, 6) is -0.735. The molecule has 0 rings (SSSR count). The Kier molecular flexibility index (Phi) is 9.18. The van der Waals surface area contributed by atoms with Crippen molar-refractivity contribution < 1.29 is 14.6 Å². The summed E-state index contributed by atoms with van der Waals surface area (Å²) < 4.78 is 4.99. The number of ether oxygens (including phenoxy) is 1. The first-order valence-corrected chi connectivity index (χ1v) is 5.64. The lowest BCUT2D eigenvalue weighted by Crippen LogP contribution is -2.34. The number of carbonyl (C=O) groups is 1. The molecule has 5 heteroatoms. The molecule has 0 aliphatic carbocycles. The first-order valence-electron chi connectivity index (χ1n) is 5.64. The van der Waals surface area contributed by atoms with Crippen molar-refractivity contribution in [2.75, 3.05) is 54.0 Å². The molecule has 0 aromatic carbocycles. The second-order valence-corrected chi connectivity index (χ2v) is 4.14. The van der Waals surface area contributed by atoms with Gasteiger partial charge in [-0.2, -0.15) is 0 Å². The molecule has 0 fully saturated rings. The summed E-state index contributed by atoms with van der Waals surface area (Å²) in [4.78, 5) is 14.8. The van der Waals surface area contributed by atoms with Gasteiger partial charge in [0, 0.05) is 39.9 Å². The van der Waals surface area contributed by atoms with E-state index in [-0.39, 0.29) is 6.42 Å². The van der Waals surface area contributed by atoms with E-state index in [2.05, 4.69) is 9.80 Å². The first kappa shape index (κ1) is 15.3. The average Bonchev–Trinajstić information content (AvgIpc) is 2.21. The maximum atomic E-state index is 10.5. The SMILES string of the molecule is COCCCN(CCC(=O)O)CCN(C)C. The molecule has 0 spiro atoms. The number of aliphatic carboxylic acids is 1. The van der Waals surface area contributed by atoms with Crippen molar-refractivity contribution in [2.24, 2.45) is 0 Å². The molecule has 1 N–H and O–H groups in total. The van der Waals surface area contributed by atoms with Crippen molar-refractivity contribution in [3.05, 3.63) is 0 Å². The van der Waals surface area contributed by atoms with Crippen LogP contribution < -0.4 is 0 Å². The van der Waals surface area contributed by atoms with Crippen LogP contribution in [-0.2, 0) is 9.53 Å². The van der Waals surface area contributed by atoms with E-state index in [0.29, 0.717) is 6.54 Å². The molecule has 0 aromatic heterocycles. The van der Waals surface area contributed by atoms with Crippen molar-refractivity contribution in [2.45, 2.75) is 12.8 Å². The van der Waals surface area contributed by atoms with Gasteiger partial charge in [0.1, 0.15) is 0 Å². The van der Waals surface area contributed by atoms with Gasteiger partial charge in [0.25, 0.3) is 0 Å². The quantitative estimate of drug-likeness (QED) is 0.551. The minimum absolute atomic E-state index is 0.209. The summed E-state index contributed by atoms with van der Waals surface area (Å²) in [6.45, 7) is 4.10. The highest BCUT2D eigenvalue weighted by molar-refractivity contribution is 5.66. The Labute approximate surface area is 98.0 Å². The second-order valence-electron chi connectivity index (χ2n) is 4.14. The molecule has 96 valence electrons. The molecule has 0 amide bonds. The van der Waals surface area contributed by atoms with Crippen molar-refractivity contribution in [3.63, 3.8) is 0 Å². The molecule has 0 aliphatic rings. The zero-order valence-electron chi connectivity index (χ0n) is 10.6. The fraction of sp³-hybridized carbons (Fsp3) is 0.909. The third kappa shape index (κ3) is 9.89. The topological polar surface area (TPSA) is 53.0 Å². The molecule has 0 aromatic rings. The Morgan fingerprint density at radius 1 is 1.19 bits per heavy atom. The van der Waals surface area contributed by atoms with E-state index >= 15 is 0 Å². The van der Waals surface area contributed by atoms with E-state index in [0.717, 1.165) is 32.7 Å². The van der Waals surface area contributed by atoms with Gasteiger partial charge in [-0.05, 0) is 20.5 Å². The number of likely N-dealkylation sites (N-methyl/N-ethyl adjacent to an activating group) is 1. The van der Waals surface area contributed by atoms with Gasteiger partial charge < -0.3 is 19.6 Å². The van der Waals surface area contributed by atoms with Gasteiger partial charge in [0.2, 0.25) is 0 Å². The lowest BCUT2D eigenvalue weighted by molar-refractivity contribution is -0.137. The Morgan fingerprint density at radius 2 is 1.88 bits per heavy atom. The third-order valence-electron chi connectivity index (χ3n) is 2.33. The molecular formula is C11H24N2O3. The fourth-order valence-electron chi connectivity index (χ4n) is 1.36. The zero-order valence-corrected chi connectivity index (χ0v) is 10.6. The standard InChI is InChI=1S/C11H24N2O3/c1-12(2)8-9-13(6-4-10-16-3)7-5-11(14)15/h4-10H2,1-3H3,(H,14,15). The Morgan fingerprint density at radius 3 is 2.38 bits per heavy atom. The summed E-state index contributed by atoms with van der Waals surface area (Å²) >= 11 is 0. The number of nitrogens with zero attached hydrogens (tertiary/aromatic N) is 2. The molecule has 0 atom stereocenters. The molecule has 0 radical (unpaired) electrons. The van der Waals surface area contributed by atoms with Gasteiger partial charge in [-0.25, -0.2) is 0 Å². The minimum Gasteiger partial charge on any atom is -0.481 e. The lowest BCUT2D eigenvalue weighted by Gasteiger charge is -2.23. The van der Waals surface area contributed by atoms with Gasteiger partial charge in [0.15, 0.2) is 0 Å². The van der Waals surface area contributed by atoms with Crippen LogP contribution >= 0.6 is 0 Å². The van der Waals surface area contributed by atoms with Crippen molar-refractivity contribution in [3.8, 4) is 0 Å². The Balaban J connectivity index is 3.80. The van der Waals surface area contributed by atoms with Crippen LogP contribution in [0, 0.1) is 0 Å². The molecule has 0 heterocycles. The smallest absolute Gasteiger partial charge is 0.304 e. The van der Waals surface area contributed by atoms with Gasteiger partial charge in [-0.3, -0.25) is 4.79 Å². The number of carboxylic acid groups (broad SMARTS) is 1. The largest absolute Gasteiger partial charge is 0.481 e. The van der Waals surface area contributed by atoms with Gasteiger partial charge in [-0.1, -0.05) is 0 Å². The van der Waals surface area contributed by atoms with Crippen LogP contribution in [0.15, 0.2) is 0 Å². The predicted molar refractivity (Wildman–Crippen MR) is 63.7 cm³/mol. The molecule has 0 saturated carbocycles. The van der Waals surface area contributed by atoms with E-state index < -0.39 is 5.97 Å². The van der Waals surface area contributed by atoms with Crippen molar-refractivity contribution in [1.29, 1.82) is 0 Å². The van der Waals surface area contributed by atoms with Crippen LogP contribution in [-0.4, -0.2) is 74.9 Å². The van der Waals surface area contributed by atoms with Gasteiger partial charge in [-0.15, -0.1) is 0 Å². The minimum atomic E-state index is -0.735. The molecule has 5 nitrogen and oxygen atoms in total. The maximum Gasteiger partial charge on any atom is 0.304 e. The van der Waals surface area contributed by atoms with Crippen LogP contribution in [0.25, 0.3) is 0 Å². The third-order valence-corrected chi connectivity index (χ3v) is 2.33. The molecule has 0 aliphatic heterocycles. The Bertz CT molecular complexity index is 186. The summed E-state index contributed by atoms with van der Waals surface area (Å²) in [5, 5.41) is 8.65. The van der Waals surface area contributed by atoms with Crippen LogP contribution in [0.1, 0.15) is 12.8 Å². The first-order chi connectivity index (χ1) is 7.56. The van der Waals surface area contributed by atoms with Crippen LogP contribution in [0.5, 0.6) is 0 Å². The maximum absolute atomic E-state index is 10.5. The normalized spacial score (nSPS) is 11.3. The predicted octanol–water partition coefficient (Wildman–Crippen LogP) is 0.361. The summed E-state index contributed by atoms with van der Waals surface area (Å²) in [5.41, 5.74) is 0. The monoisotopic (exact) mass is 232 g/mol. The van der Waals surface area contributed by atoms with Gasteiger partial charge in [0.05, 0.1) is 6.42 Å². The highest BCUT2D eigenvalue weighted by Crippen LogP contribution is 1.96. The van der Waals surface area contributed by atoms with Crippen LogP contribution in [0.2, 0.25) is 0 Å². The van der Waals surface area contributed by atoms with E-state index in [1.165, 1.54) is 0 Å². The Hall–Kier alpha value is -0.650. The summed E-state index contributed by atoms with van der Waals surface area (Å²) in [6, 6.07) is 0. The lowest BCUT2D eigenvalue weighted by atomic mass is 10.3. The van der Waals surface area contributed by atoms with E-state index in [1.54, 1.807) is 7.11 Å². The zero-order chi connectivity index (χ0) is 12.4. The number of hydrogen-bond acceptors (Lipinski definition) is 4. The number of methoxy groups -OCH3 is 1. The number of hydrogen-bond donors (Lipinski definition) is 1. The summed E-state index contributed by atoms with van der Waals surface area (Å²) in [7, 11) is 5.72. The number of carboxylic acids is 1. The number of rotatable bonds is 10. The molecule has 16 heavy (non-hydrogen) atoms. The molecule has 0 bridgehead atoms. The van der Waals surface area contributed by atoms with E-state index in [4.69, 9.17) is 9.84 Å². The van der Waals surface area contributed by atoms with Crippen molar-refractivity contribution in [1.82, 2.24) is 9.80 Å². The highest BCUT2D eigenvalue weighted by atomic mass is 16.5. The van der Waals surface area contributed by atoms with E-state index in [9.17, 15) is 4.79 Å². The molecule has 0 unspecified atom stereocenters. The summed E-state index contributed by atoms with van der Waals surface area (Å²) in [6.07, 6.45) is 1.16. The second kappa shape index (κ2) is 9.57. The fourth-order valence-corrected chi connectivity index (χ4v) is 1.36. The van der Waals surface area contributed by atoms with Crippen molar-refractivity contribution >= 4 is 5.97 Å². The van der Waals surface area contributed by atoms with E-state index in [1.807, 2.05) is 14.1 Å². The van der Waals surface area contributed by atoms with Crippen LogP contribution in [0.3, 0.4) is 0 Å². The van der Waals surface area contributed by atoms with Crippen LogP contribution in [0.4, 0.5) is 0 Å². The average molecular weight is 232 g/mol. The van der Waals surface area contributed by atoms with Gasteiger partial charge >= 0.3 is 5.97 Å². The highest BCUT2D eigenvalue weighted by Gasteiger charge is 2.07.